The summed E-state index contributed by atoms with van der Waals surface area (Å²) in [5, 5.41) is 3.09. The third-order valence-electron chi connectivity index (χ3n) is 4.49. The van der Waals surface area contributed by atoms with Gasteiger partial charge in [-0.3, -0.25) is 4.79 Å². The van der Waals surface area contributed by atoms with Crippen LogP contribution in [0.25, 0.3) is 0 Å². The van der Waals surface area contributed by atoms with Gasteiger partial charge in [0.25, 0.3) is 5.91 Å². The molecule has 2 fully saturated rings. The molecule has 1 amide bonds. The van der Waals surface area contributed by atoms with E-state index in [0.717, 1.165) is 23.9 Å². The van der Waals surface area contributed by atoms with E-state index in [9.17, 15) is 4.79 Å². The maximum atomic E-state index is 12.1. The van der Waals surface area contributed by atoms with Crippen molar-refractivity contribution in [2.75, 3.05) is 12.3 Å². The number of carbonyl (C=O) groups is 1. The largest absolute Gasteiger partial charge is 0.398 e. The number of amides is 1. The van der Waals surface area contributed by atoms with Crippen LogP contribution in [-0.2, 0) is 0 Å². The van der Waals surface area contributed by atoms with Crippen LogP contribution in [0.3, 0.4) is 0 Å². The molecule has 0 unspecified atom stereocenters. The number of rotatable bonds is 5. The highest BCUT2D eigenvalue weighted by Crippen LogP contribution is 2.48. The van der Waals surface area contributed by atoms with E-state index in [1.165, 1.54) is 25.7 Å². The molecule has 0 aliphatic heterocycles. The summed E-state index contributed by atoms with van der Waals surface area (Å²) < 4.78 is 0. The van der Waals surface area contributed by atoms with Crippen molar-refractivity contribution in [1.29, 1.82) is 0 Å². The zero-order chi connectivity index (χ0) is 13.4. The zero-order valence-electron chi connectivity index (χ0n) is 11.5. The summed E-state index contributed by atoms with van der Waals surface area (Å²) in [5.41, 5.74) is 8.23. The maximum absolute atomic E-state index is 12.1. The third kappa shape index (κ3) is 2.91. The first-order chi connectivity index (χ1) is 9.15. The first-order valence-corrected chi connectivity index (χ1v) is 7.29. The van der Waals surface area contributed by atoms with Gasteiger partial charge in [-0.15, -0.1) is 0 Å². The van der Waals surface area contributed by atoms with Gasteiger partial charge in [-0.1, -0.05) is 6.07 Å². The highest BCUT2D eigenvalue weighted by molar-refractivity contribution is 5.95. The van der Waals surface area contributed by atoms with Gasteiger partial charge in [-0.05, 0) is 68.1 Å². The lowest BCUT2D eigenvalue weighted by atomic mass is 9.98. The van der Waals surface area contributed by atoms with E-state index in [4.69, 9.17) is 5.73 Å². The van der Waals surface area contributed by atoms with E-state index >= 15 is 0 Å². The Balaban J connectivity index is 1.59. The summed E-state index contributed by atoms with van der Waals surface area (Å²) in [4.78, 5) is 12.1. The second-order valence-corrected chi connectivity index (χ2v) is 6.12. The lowest BCUT2D eigenvalue weighted by Crippen LogP contribution is -2.31. The molecule has 2 saturated carbocycles. The van der Waals surface area contributed by atoms with Crippen molar-refractivity contribution >= 4 is 11.6 Å². The van der Waals surface area contributed by atoms with Crippen LogP contribution in [0.2, 0.25) is 0 Å². The molecule has 0 atom stereocenters. The lowest BCUT2D eigenvalue weighted by Gasteiger charge is -2.16. The molecule has 3 heteroatoms. The quantitative estimate of drug-likeness (QED) is 0.798. The Hall–Kier alpha value is -1.51. The average molecular weight is 258 g/mol. The number of carbonyl (C=O) groups excluding carboxylic acids is 1. The van der Waals surface area contributed by atoms with Crippen molar-refractivity contribution in [3.63, 3.8) is 0 Å². The van der Waals surface area contributed by atoms with Crippen molar-refractivity contribution in [3.05, 3.63) is 29.3 Å². The Morgan fingerprint density at radius 1 is 1.32 bits per heavy atom. The van der Waals surface area contributed by atoms with Crippen LogP contribution >= 0.6 is 0 Å². The topological polar surface area (TPSA) is 55.1 Å². The fourth-order valence-electron chi connectivity index (χ4n) is 2.86. The number of anilines is 1. The molecular formula is C16H22N2O. The molecule has 102 valence electrons. The number of nitrogens with one attached hydrogen (secondary N) is 1. The van der Waals surface area contributed by atoms with Gasteiger partial charge in [-0.25, -0.2) is 0 Å². The number of benzene rings is 1. The van der Waals surface area contributed by atoms with E-state index in [-0.39, 0.29) is 5.91 Å². The minimum Gasteiger partial charge on any atom is -0.398 e. The number of nitrogen functional groups attached to an aromatic ring is 1. The SMILES string of the molecule is Cc1ccc(C(=O)NCC(C2CC2)C2CC2)cc1N. The van der Waals surface area contributed by atoms with Crippen molar-refractivity contribution in [2.45, 2.75) is 32.6 Å². The van der Waals surface area contributed by atoms with Gasteiger partial charge in [0.15, 0.2) is 0 Å². The summed E-state index contributed by atoms with van der Waals surface area (Å²) in [6, 6.07) is 5.53. The fraction of sp³-hybridized carbons (Fsp3) is 0.562. The van der Waals surface area contributed by atoms with Gasteiger partial charge >= 0.3 is 0 Å². The van der Waals surface area contributed by atoms with Crippen LogP contribution in [-0.4, -0.2) is 12.5 Å². The normalized spacial score (nSPS) is 18.6. The molecule has 1 aromatic carbocycles. The molecular weight excluding hydrogens is 236 g/mol. The highest BCUT2D eigenvalue weighted by Gasteiger charge is 2.41. The van der Waals surface area contributed by atoms with E-state index in [0.29, 0.717) is 17.2 Å². The number of nitrogens with two attached hydrogens (primary N) is 1. The van der Waals surface area contributed by atoms with Crippen LogP contribution in [0.1, 0.15) is 41.6 Å². The molecule has 0 spiro atoms. The summed E-state index contributed by atoms with van der Waals surface area (Å²) in [5.74, 6) is 2.47. The Kier molecular flexibility index (Phi) is 3.21. The summed E-state index contributed by atoms with van der Waals surface area (Å²) >= 11 is 0. The average Bonchev–Trinajstić information content (AvgIpc) is 3.26. The molecule has 0 radical (unpaired) electrons. The number of hydrogen-bond donors (Lipinski definition) is 2. The highest BCUT2D eigenvalue weighted by atomic mass is 16.1. The molecule has 2 aliphatic rings. The molecule has 2 aliphatic carbocycles. The van der Waals surface area contributed by atoms with Gasteiger partial charge in [0.05, 0.1) is 0 Å². The Morgan fingerprint density at radius 2 is 1.95 bits per heavy atom. The summed E-state index contributed by atoms with van der Waals surface area (Å²) in [6.07, 6.45) is 5.42. The van der Waals surface area contributed by atoms with Crippen molar-refractivity contribution in [3.8, 4) is 0 Å². The molecule has 3 N–H and O–H groups in total. The maximum Gasteiger partial charge on any atom is 0.251 e. The minimum absolute atomic E-state index is 0.0120. The van der Waals surface area contributed by atoms with E-state index in [1.54, 1.807) is 6.07 Å². The van der Waals surface area contributed by atoms with Crippen molar-refractivity contribution in [1.82, 2.24) is 5.32 Å². The summed E-state index contributed by atoms with van der Waals surface area (Å²) in [7, 11) is 0. The molecule has 0 aromatic heterocycles. The van der Waals surface area contributed by atoms with Gasteiger partial charge in [0, 0.05) is 17.8 Å². The molecule has 1 aromatic rings. The Bertz CT molecular complexity index is 478. The van der Waals surface area contributed by atoms with Gasteiger partial charge in [0.2, 0.25) is 0 Å². The van der Waals surface area contributed by atoms with E-state index in [2.05, 4.69) is 5.32 Å². The first-order valence-electron chi connectivity index (χ1n) is 7.29. The second kappa shape index (κ2) is 4.87. The van der Waals surface area contributed by atoms with Gasteiger partial charge in [0.1, 0.15) is 0 Å². The number of hydrogen-bond acceptors (Lipinski definition) is 2. The molecule has 0 saturated heterocycles. The predicted molar refractivity (Wildman–Crippen MR) is 76.9 cm³/mol. The third-order valence-corrected chi connectivity index (χ3v) is 4.49. The number of aryl methyl sites for hydroxylation is 1. The van der Waals surface area contributed by atoms with Crippen molar-refractivity contribution < 1.29 is 4.79 Å². The molecule has 3 nitrogen and oxygen atoms in total. The van der Waals surface area contributed by atoms with Gasteiger partial charge in [-0.2, -0.15) is 0 Å². The molecule has 19 heavy (non-hydrogen) atoms. The molecule has 3 rings (SSSR count). The lowest BCUT2D eigenvalue weighted by molar-refractivity contribution is 0.0943. The Labute approximate surface area is 114 Å². The first kappa shape index (κ1) is 12.5. The van der Waals surface area contributed by atoms with E-state index < -0.39 is 0 Å². The van der Waals surface area contributed by atoms with Crippen LogP contribution < -0.4 is 11.1 Å². The van der Waals surface area contributed by atoms with Gasteiger partial charge < -0.3 is 11.1 Å². The zero-order valence-corrected chi connectivity index (χ0v) is 11.5. The predicted octanol–water partition coefficient (Wildman–Crippen LogP) is 2.74. The van der Waals surface area contributed by atoms with Crippen LogP contribution in [0.15, 0.2) is 18.2 Å². The van der Waals surface area contributed by atoms with Crippen LogP contribution in [0, 0.1) is 24.7 Å². The smallest absolute Gasteiger partial charge is 0.251 e. The summed E-state index contributed by atoms with van der Waals surface area (Å²) in [6.45, 7) is 2.79. The standard InChI is InChI=1S/C16H22N2O/c1-10-2-3-13(8-15(10)17)16(19)18-9-14(11-4-5-11)12-6-7-12/h2-3,8,11-12,14H,4-7,9,17H2,1H3,(H,18,19). The fourth-order valence-corrected chi connectivity index (χ4v) is 2.86. The van der Waals surface area contributed by atoms with E-state index in [1.807, 2.05) is 19.1 Å². The molecule has 0 heterocycles. The van der Waals surface area contributed by atoms with Crippen LogP contribution in [0.5, 0.6) is 0 Å². The molecule has 0 bridgehead atoms. The second-order valence-electron chi connectivity index (χ2n) is 6.12. The van der Waals surface area contributed by atoms with Crippen molar-refractivity contribution in [2.24, 2.45) is 17.8 Å². The Morgan fingerprint density at radius 3 is 2.47 bits per heavy atom. The monoisotopic (exact) mass is 258 g/mol. The minimum atomic E-state index is 0.0120. The van der Waals surface area contributed by atoms with Crippen LogP contribution in [0.4, 0.5) is 5.69 Å².